The highest BCUT2D eigenvalue weighted by molar-refractivity contribution is 5.92. The van der Waals surface area contributed by atoms with Crippen molar-refractivity contribution < 1.29 is 14.3 Å². The Kier molecular flexibility index (Phi) is 7.08. The van der Waals surface area contributed by atoms with E-state index in [1.807, 2.05) is 30.1 Å². The summed E-state index contributed by atoms with van der Waals surface area (Å²) in [6, 6.07) is 10.5. The van der Waals surface area contributed by atoms with Gasteiger partial charge in [-0.3, -0.25) is 14.7 Å². The lowest BCUT2D eigenvalue weighted by Gasteiger charge is -2.57. The summed E-state index contributed by atoms with van der Waals surface area (Å²) >= 11 is 0. The molecule has 9 heteroatoms. The van der Waals surface area contributed by atoms with Crippen molar-refractivity contribution in [3.63, 3.8) is 0 Å². The van der Waals surface area contributed by atoms with Crippen LogP contribution in [0.15, 0.2) is 48.8 Å². The molecule has 4 aliphatic carbocycles. The van der Waals surface area contributed by atoms with Gasteiger partial charge in [0, 0.05) is 63.6 Å². The van der Waals surface area contributed by atoms with Crippen molar-refractivity contribution in [2.45, 2.75) is 45.1 Å². The van der Waals surface area contributed by atoms with Crippen LogP contribution < -0.4 is 4.90 Å². The van der Waals surface area contributed by atoms with Crippen LogP contribution in [0.25, 0.3) is 11.1 Å². The highest BCUT2D eigenvalue weighted by Crippen LogP contribution is 2.60. The molecule has 0 unspecified atom stereocenters. The first-order chi connectivity index (χ1) is 20.3. The third-order valence-electron chi connectivity index (χ3n) is 10.1. The maximum atomic E-state index is 14.9. The summed E-state index contributed by atoms with van der Waals surface area (Å²) in [5.74, 6) is 3.05. The number of piperazine rings is 1. The standard InChI is InChI=1S/C33H39FN6O2/c1-38(21-33-15-23-10-24(16-33)12-25(11-23)17-33)32(42)30-4-5-31(37-36-30)40-8-6-39(7-9-40)20-22-2-3-28(29(34)13-22)26-14-27(41)19-35-18-26/h2-5,13-14,18-19,23-25,41H,6-12,15-17,20-21H2,1H3. The quantitative estimate of drug-likeness (QED) is 0.428. The normalized spacial score (nSPS) is 26.9. The first-order valence-corrected chi connectivity index (χ1v) is 15.3. The van der Waals surface area contributed by atoms with Crippen LogP contribution in [0.2, 0.25) is 0 Å². The number of hydrogen-bond donors (Lipinski definition) is 1. The molecular weight excluding hydrogens is 531 g/mol. The van der Waals surface area contributed by atoms with Gasteiger partial charge in [-0.1, -0.05) is 12.1 Å². The first kappa shape index (κ1) is 27.3. The molecule has 5 aliphatic rings. The fourth-order valence-electron chi connectivity index (χ4n) is 8.72. The zero-order valence-electron chi connectivity index (χ0n) is 24.3. The van der Waals surface area contributed by atoms with E-state index in [4.69, 9.17) is 0 Å². The first-order valence-electron chi connectivity index (χ1n) is 15.3. The fourth-order valence-corrected chi connectivity index (χ4v) is 8.72. The lowest BCUT2D eigenvalue weighted by molar-refractivity contribution is -0.0629. The zero-order chi connectivity index (χ0) is 28.8. The summed E-state index contributed by atoms with van der Waals surface area (Å²) < 4.78 is 14.9. The van der Waals surface area contributed by atoms with E-state index in [0.717, 1.165) is 61.9 Å². The minimum Gasteiger partial charge on any atom is -0.506 e. The number of carbonyl (C=O) groups excluding carboxylic acids is 1. The summed E-state index contributed by atoms with van der Waals surface area (Å²) in [4.78, 5) is 23.6. The number of halogens is 1. The van der Waals surface area contributed by atoms with Gasteiger partial charge in [0.25, 0.3) is 5.91 Å². The number of benzene rings is 1. The predicted octanol–water partition coefficient (Wildman–Crippen LogP) is 4.99. The maximum Gasteiger partial charge on any atom is 0.274 e. The average molecular weight is 571 g/mol. The SMILES string of the molecule is CN(CC12CC3CC(CC(C3)C1)C2)C(=O)c1ccc(N2CCN(Cc3ccc(-c4cncc(O)c4)c(F)c3)CC2)nn1. The minimum atomic E-state index is -0.327. The highest BCUT2D eigenvalue weighted by Gasteiger charge is 2.51. The molecule has 0 spiro atoms. The van der Waals surface area contributed by atoms with Gasteiger partial charge in [0.05, 0.1) is 6.20 Å². The van der Waals surface area contributed by atoms with E-state index in [1.165, 1.54) is 50.8 Å². The third kappa shape index (κ3) is 5.46. The Morgan fingerprint density at radius 3 is 2.31 bits per heavy atom. The molecule has 1 aromatic carbocycles. The van der Waals surface area contributed by atoms with Crippen molar-refractivity contribution in [1.82, 2.24) is 25.0 Å². The molecule has 8 rings (SSSR count). The number of pyridine rings is 1. The van der Waals surface area contributed by atoms with Gasteiger partial charge in [-0.05, 0) is 91.5 Å². The van der Waals surface area contributed by atoms with E-state index in [0.29, 0.717) is 28.8 Å². The fraction of sp³-hybridized carbons (Fsp3) is 0.515. The van der Waals surface area contributed by atoms with Crippen LogP contribution in [0.3, 0.4) is 0 Å². The van der Waals surface area contributed by atoms with Crippen molar-refractivity contribution in [2.24, 2.45) is 23.2 Å². The van der Waals surface area contributed by atoms with Gasteiger partial charge in [0.1, 0.15) is 11.6 Å². The molecule has 5 fully saturated rings. The van der Waals surface area contributed by atoms with Crippen LogP contribution in [-0.4, -0.2) is 75.8 Å². The lowest BCUT2D eigenvalue weighted by Crippen LogP contribution is -2.51. The van der Waals surface area contributed by atoms with Gasteiger partial charge in [-0.15, -0.1) is 10.2 Å². The predicted molar refractivity (Wildman–Crippen MR) is 158 cm³/mol. The van der Waals surface area contributed by atoms with Gasteiger partial charge < -0.3 is 14.9 Å². The van der Waals surface area contributed by atoms with Gasteiger partial charge >= 0.3 is 0 Å². The molecule has 220 valence electrons. The number of carbonyl (C=O) groups is 1. The molecule has 1 N–H and O–H groups in total. The van der Waals surface area contributed by atoms with Crippen LogP contribution in [0, 0.1) is 29.0 Å². The van der Waals surface area contributed by atoms with E-state index in [-0.39, 0.29) is 17.5 Å². The molecule has 4 saturated carbocycles. The van der Waals surface area contributed by atoms with Crippen molar-refractivity contribution >= 4 is 11.7 Å². The Balaban J connectivity index is 0.921. The number of aromatic hydroxyl groups is 1. The summed E-state index contributed by atoms with van der Waals surface area (Å²) in [6.45, 7) is 4.68. The summed E-state index contributed by atoms with van der Waals surface area (Å²) in [6.07, 6.45) is 10.9. The van der Waals surface area contributed by atoms with Crippen LogP contribution in [-0.2, 0) is 6.54 Å². The summed E-state index contributed by atoms with van der Waals surface area (Å²) in [7, 11) is 1.93. The molecule has 1 saturated heterocycles. The Morgan fingerprint density at radius 2 is 1.69 bits per heavy atom. The van der Waals surface area contributed by atoms with E-state index >= 15 is 0 Å². The minimum absolute atomic E-state index is 0.0135. The topological polar surface area (TPSA) is 85.7 Å². The molecule has 0 atom stereocenters. The number of amides is 1. The molecule has 0 radical (unpaired) electrons. The van der Waals surface area contributed by atoms with Crippen molar-refractivity contribution in [3.8, 4) is 16.9 Å². The lowest BCUT2D eigenvalue weighted by atomic mass is 9.49. The van der Waals surface area contributed by atoms with Crippen molar-refractivity contribution in [2.75, 3.05) is 44.7 Å². The number of aromatic nitrogens is 3. The van der Waals surface area contributed by atoms with E-state index < -0.39 is 0 Å². The molecule has 1 aliphatic heterocycles. The second-order valence-corrected chi connectivity index (χ2v) is 13.4. The molecule has 4 bridgehead atoms. The smallest absolute Gasteiger partial charge is 0.274 e. The maximum absolute atomic E-state index is 14.9. The Morgan fingerprint density at radius 1 is 0.976 bits per heavy atom. The number of nitrogens with zero attached hydrogens (tertiary/aromatic N) is 6. The number of hydrogen-bond acceptors (Lipinski definition) is 7. The number of rotatable bonds is 7. The average Bonchev–Trinajstić information content (AvgIpc) is 2.96. The van der Waals surface area contributed by atoms with Gasteiger partial charge in [0.15, 0.2) is 11.5 Å². The molecular formula is C33H39FN6O2. The molecule has 1 amide bonds. The largest absolute Gasteiger partial charge is 0.506 e. The molecule has 3 heterocycles. The monoisotopic (exact) mass is 570 g/mol. The molecule has 3 aromatic rings. The van der Waals surface area contributed by atoms with Crippen LogP contribution in [0.5, 0.6) is 5.75 Å². The third-order valence-corrected chi connectivity index (χ3v) is 10.1. The van der Waals surface area contributed by atoms with E-state index in [1.54, 1.807) is 18.3 Å². The van der Waals surface area contributed by atoms with Crippen LogP contribution >= 0.6 is 0 Å². The Hall–Kier alpha value is -3.59. The number of anilines is 1. The van der Waals surface area contributed by atoms with Crippen molar-refractivity contribution in [3.05, 3.63) is 65.9 Å². The van der Waals surface area contributed by atoms with Crippen LogP contribution in [0.4, 0.5) is 10.2 Å². The summed E-state index contributed by atoms with van der Waals surface area (Å²) in [5, 5.41) is 18.4. The molecule has 8 nitrogen and oxygen atoms in total. The van der Waals surface area contributed by atoms with Crippen molar-refractivity contribution in [1.29, 1.82) is 0 Å². The second-order valence-electron chi connectivity index (χ2n) is 13.4. The van der Waals surface area contributed by atoms with E-state index in [2.05, 4.69) is 25.0 Å². The van der Waals surface area contributed by atoms with Crippen LogP contribution in [0.1, 0.15) is 54.6 Å². The molecule has 42 heavy (non-hydrogen) atoms. The molecule has 2 aromatic heterocycles. The van der Waals surface area contributed by atoms with Gasteiger partial charge in [-0.2, -0.15) is 0 Å². The van der Waals surface area contributed by atoms with E-state index in [9.17, 15) is 14.3 Å². The second kappa shape index (κ2) is 10.9. The Labute approximate surface area is 246 Å². The van der Waals surface area contributed by atoms with Gasteiger partial charge in [-0.25, -0.2) is 4.39 Å². The summed E-state index contributed by atoms with van der Waals surface area (Å²) in [5.41, 5.74) is 2.60. The zero-order valence-corrected chi connectivity index (χ0v) is 24.3. The Bertz CT molecular complexity index is 1420. The van der Waals surface area contributed by atoms with Gasteiger partial charge in [0.2, 0.25) is 0 Å². The highest BCUT2D eigenvalue weighted by atomic mass is 19.1.